The van der Waals surface area contributed by atoms with Crippen LogP contribution in [0.3, 0.4) is 0 Å². The molecular formula is C42H62N10O12. The summed E-state index contributed by atoms with van der Waals surface area (Å²) >= 11 is 0. The molecule has 4 amide bonds. The Balaban J connectivity index is 2.37. The molecular weight excluding hydrogens is 837 g/mol. The highest BCUT2D eigenvalue weighted by atomic mass is 16.6. The number of amides is 4. The lowest BCUT2D eigenvalue weighted by Gasteiger charge is -2.47. The van der Waals surface area contributed by atoms with E-state index in [1.807, 2.05) is 0 Å². The Bertz CT molecular complexity index is 1920. The zero-order valence-corrected chi connectivity index (χ0v) is 38.3. The molecule has 2 aromatic carbocycles. The molecule has 2 aromatic rings. The van der Waals surface area contributed by atoms with Crippen molar-refractivity contribution in [3.8, 4) is 11.5 Å². The zero-order chi connectivity index (χ0) is 48.5. The summed E-state index contributed by atoms with van der Waals surface area (Å²) in [4.78, 5) is 56.7. The van der Waals surface area contributed by atoms with Gasteiger partial charge in [-0.05, 0) is 138 Å². The number of alkyl carbamates (subject to hydrolysis) is 2. The molecule has 1 aliphatic carbocycles. The third kappa shape index (κ3) is 15.7. The first-order valence-corrected chi connectivity index (χ1v) is 20.1. The lowest BCUT2D eigenvalue weighted by Crippen LogP contribution is -2.66. The van der Waals surface area contributed by atoms with Crippen LogP contribution in [0.25, 0.3) is 0 Å². The van der Waals surface area contributed by atoms with Crippen molar-refractivity contribution in [1.82, 2.24) is 20.4 Å². The molecule has 0 unspecified atom stereocenters. The number of carbonyl (C=O) groups is 4. The average Bonchev–Trinajstić information content (AvgIpc) is 3.13. The van der Waals surface area contributed by atoms with Crippen LogP contribution in [-0.2, 0) is 18.9 Å². The third-order valence-electron chi connectivity index (χ3n) is 8.46. The SMILES string of the molecule is CC(C)(C)OC(=O)NC(=N)N(C(=O)OC(C)(C)C)[C@@H]1C[C@H](N(C(=N)NC(=O)OC(C)(C)C)C(=O)OC(C)(C)C)[C@@H](Oc2ccc(/C(N)=N/O)cc2)C[C@H]1Oc1ccc(/C(N)=N/O)cc1. The maximum absolute atomic E-state index is 14.4. The van der Waals surface area contributed by atoms with E-state index in [2.05, 4.69) is 20.9 Å². The molecule has 64 heavy (non-hydrogen) atoms. The van der Waals surface area contributed by atoms with E-state index in [0.717, 1.165) is 9.80 Å². The van der Waals surface area contributed by atoms with Gasteiger partial charge >= 0.3 is 24.4 Å². The summed E-state index contributed by atoms with van der Waals surface area (Å²) in [7, 11) is 0. The Morgan fingerprint density at radius 2 is 0.859 bits per heavy atom. The number of oxime groups is 2. The number of guanidine groups is 2. The molecule has 22 heteroatoms. The monoisotopic (exact) mass is 898 g/mol. The standard InChI is InChI=1S/C42H62N10O12/c1-39(2,3)61-35(53)47-33(45)51(37(55)63-41(7,8)9)27-21-28(52(38(56)64-42(10,11)12)34(46)48-36(54)62-40(4,5)6)30(60-26-19-15-24(16-20-26)32(44)50-58)22-29(27)59-25-17-13-23(14-18-25)31(43)49-57/h13-20,27-30,57-58H,21-22H2,1-12H3,(H2,43,49)(H2,44,50)(H2,45,47,53)(H2,46,48,54)/t27-,28+,29-,30+. The number of amidine groups is 2. The van der Waals surface area contributed by atoms with Gasteiger partial charge in [-0.25, -0.2) is 29.0 Å². The number of rotatable bonds is 8. The highest BCUT2D eigenvalue weighted by Gasteiger charge is 2.51. The number of nitrogens with zero attached hydrogens (tertiary/aromatic N) is 4. The zero-order valence-electron chi connectivity index (χ0n) is 38.3. The molecule has 3 rings (SSSR count). The molecule has 0 spiro atoms. The Labute approximate surface area is 372 Å². The van der Waals surface area contributed by atoms with Crippen molar-refractivity contribution in [3.63, 3.8) is 0 Å². The van der Waals surface area contributed by atoms with Gasteiger partial charge in [-0.1, -0.05) is 10.3 Å². The first-order chi connectivity index (χ1) is 29.4. The van der Waals surface area contributed by atoms with Gasteiger partial charge in [0.1, 0.15) is 46.1 Å². The van der Waals surface area contributed by atoms with Gasteiger partial charge in [0, 0.05) is 17.5 Å². The Morgan fingerprint density at radius 1 is 0.562 bits per heavy atom. The molecule has 1 fully saturated rings. The van der Waals surface area contributed by atoms with Gasteiger partial charge in [-0.15, -0.1) is 0 Å². The summed E-state index contributed by atoms with van der Waals surface area (Å²) in [6.45, 7) is 19.2. The molecule has 0 saturated heterocycles. The smallest absolute Gasteiger partial charge is 0.417 e. The van der Waals surface area contributed by atoms with E-state index in [0.29, 0.717) is 11.1 Å². The van der Waals surface area contributed by atoms with Crippen molar-refractivity contribution in [3.05, 3.63) is 59.7 Å². The van der Waals surface area contributed by atoms with Crippen LogP contribution in [0.4, 0.5) is 19.2 Å². The van der Waals surface area contributed by atoms with Crippen LogP contribution in [0.2, 0.25) is 0 Å². The normalized spacial score (nSPS) is 18.4. The summed E-state index contributed by atoms with van der Waals surface area (Å²) in [6.07, 6.45) is -7.40. The summed E-state index contributed by atoms with van der Waals surface area (Å²) in [5.74, 6) is -1.57. The molecule has 0 heterocycles. The van der Waals surface area contributed by atoms with Gasteiger partial charge in [0.2, 0.25) is 11.9 Å². The van der Waals surface area contributed by atoms with Gasteiger partial charge in [-0.2, -0.15) is 0 Å². The summed E-state index contributed by atoms with van der Waals surface area (Å²) < 4.78 is 35.5. The van der Waals surface area contributed by atoms with Crippen LogP contribution in [0.5, 0.6) is 11.5 Å². The largest absolute Gasteiger partial charge is 0.488 e. The molecule has 0 aromatic heterocycles. The van der Waals surface area contributed by atoms with Gasteiger partial charge in [-0.3, -0.25) is 21.5 Å². The second-order valence-corrected chi connectivity index (χ2v) is 18.6. The van der Waals surface area contributed by atoms with Crippen LogP contribution in [0.1, 0.15) is 107 Å². The quantitative estimate of drug-likeness (QED) is 0.0496. The maximum Gasteiger partial charge on any atom is 0.417 e. The number of benzene rings is 2. The minimum Gasteiger partial charge on any atom is -0.488 e. The fourth-order valence-corrected chi connectivity index (χ4v) is 6.09. The van der Waals surface area contributed by atoms with Gasteiger partial charge in [0.25, 0.3) is 0 Å². The van der Waals surface area contributed by atoms with E-state index in [1.165, 1.54) is 48.5 Å². The number of carbonyl (C=O) groups excluding carboxylic acids is 4. The highest BCUT2D eigenvalue weighted by molar-refractivity contribution is 6.01. The molecule has 0 radical (unpaired) electrons. The second kappa shape index (κ2) is 20.5. The minimum atomic E-state index is -1.35. The molecule has 0 bridgehead atoms. The summed E-state index contributed by atoms with van der Waals surface area (Å²) in [5.41, 5.74) is 7.99. The predicted molar refractivity (Wildman–Crippen MR) is 234 cm³/mol. The van der Waals surface area contributed by atoms with Crippen molar-refractivity contribution in [2.75, 3.05) is 0 Å². The fourth-order valence-electron chi connectivity index (χ4n) is 6.09. The molecule has 352 valence electrons. The number of hydrogen-bond acceptors (Lipinski definition) is 16. The number of nitrogens with two attached hydrogens (primary N) is 2. The van der Waals surface area contributed by atoms with E-state index in [1.54, 1.807) is 83.1 Å². The average molecular weight is 899 g/mol. The highest BCUT2D eigenvalue weighted by Crippen LogP contribution is 2.35. The van der Waals surface area contributed by atoms with Gasteiger partial charge < -0.3 is 50.3 Å². The van der Waals surface area contributed by atoms with Crippen molar-refractivity contribution < 1.29 is 58.0 Å². The molecule has 1 saturated carbocycles. The lowest BCUT2D eigenvalue weighted by molar-refractivity contribution is -0.0403. The fraction of sp³-hybridized carbons (Fsp3) is 0.524. The van der Waals surface area contributed by atoms with E-state index in [-0.39, 0.29) is 29.6 Å². The minimum absolute atomic E-state index is 0.182. The van der Waals surface area contributed by atoms with Crippen molar-refractivity contribution >= 4 is 48.0 Å². The van der Waals surface area contributed by atoms with Crippen molar-refractivity contribution in [2.45, 2.75) is 143 Å². The van der Waals surface area contributed by atoms with E-state index < -0.39 is 89.4 Å². The predicted octanol–water partition coefficient (Wildman–Crippen LogP) is 5.99. The van der Waals surface area contributed by atoms with Crippen molar-refractivity contribution in [1.29, 1.82) is 10.8 Å². The lowest BCUT2D eigenvalue weighted by atomic mass is 9.84. The summed E-state index contributed by atoms with van der Waals surface area (Å²) in [6, 6.07) is 9.35. The number of nitrogens with one attached hydrogen (secondary N) is 4. The van der Waals surface area contributed by atoms with Crippen LogP contribution < -0.4 is 31.6 Å². The summed E-state index contributed by atoms with van der Waals surface area (Å²) in [5, 5.41) is 47.5. The Morgan fingerprint density at radius 3 is 1.12 bits per heavy atom. The molecule has 22 nitrogen and oxygen atoms in total. The molecule has 0 aliphatic heterocycles. The van der Waals surface area contributed by atoms with Crippen LogP contribution >= 0.6 is 0 Å². The first kappa shape index (κ1) is 51.4. The number of hydrogen-bond donors (Lipinski definition) is 8. The molecule has 4 atom stereocenters. The molecule has 1 aliphatic rings. The topological polar surface area (TPSA) is 319 Å². The second-order valence-electron chi connectivity index (χ2n) is 18.6. The Hall–Kier alpha value is -7.00. The van der Waals surface area contributed by atoms with Crippen LogP contribution in [0, 0.1) is 10.8 Å². The Kier molecular flexibility index (Phi) is 16.4. The maximum atomic E-state index is 14.4. The molecule has 10 N–H and O–H groups in total. The first-order valence-electron chi connectivity index (χ1n) is 20.1. The van der Waals surface area contributed by atoms with Crippen LogP contribution in [0.15, 0.2) is 58.8 Å². The third-order valence-corrected chi connectivity index (χ3v) is 8.46. The van der Waals surface area contributed by atoms with E-state index in [9.17, 15) is 40.4 Å². The van der Waals surface area contributed by atoms with Gasteiger partial charge in [0.05, 0.1) is 12.1 Å². The van der Waals surface area contributed by atoms with E-state index in [4.69, 9.17) is 39.9 Å². The van der Waals surface area contributed by atoms with Crippen molar-refractivity contribution in [2.24, 2.45) is 21.8 Å². The number of ether oxygens (including phenoxy) is 6. The van der Waals surface area contributed by atoms with Gasteiger partial charge in [0.15, 0.2) is 11.7 Å². The van der Waals surface area contributed by atoms with E-state index >= 15 is 0 Å². The van der Waals surface area contributed by atoms with Crippen LogP contribution in [-0.4, -0.2) is 115 Å².